The normalized spacial score (nSPS) is 14.0. The molecule has 0 bridgehead atoms. The zero-order valence-corrected chi connectivity index (χ0v) is 23.7. The van der Waals surface area contributed by atoms with Crippen molar-refractivity contribution in [1.29, 1.82) is 0 Å². The highest BCUT2D eigenvalue weighted by atomic mass is 16.5. The minimum absolute atomic E-state index is 0.187. The van der Waals surface area contributed by atoms with E-state index in [1.165, 1.54) is 6.08 Å². The fourth-order valence-electron chi connectivity index (χ4n) is 4.45. The number of imide groups is 2. The van der Waals surface area contributed by atoms with Crippen molar-refractivity contribution in [3.8, 4) is 23.0 Å². The molecule has 0 saturated carbocycles. The predicted octanol–water partition coefficient (Wildman–Crippen LogP) is 5.92. The number of methoxy groups -OCH3 is 1. The van der Waals surface area contributed by atoms with Gasteiger partial charge >= 0.3 is 6.03 Å². The van der Waals surface area contributed by atoms with E-state index in [1.807, 2.05) is 55.5 Å². The molecule has 1 heterocycles. The van der Waals surface area contributed by atoms with E-state index < -0.39 is 17.8 Å². The number of ether oxygens (including phenoxy) is 4. The zero-order valence-electron chi connectivity index (χ0n) is 23.7. The number of carbonyl (C=O) groups excluding carboxylic acids is 3. The van der Waals surface area contributed by atoms with Crippen LogP contribution < -0.4 is 29.2 Å². The summed E-state index contributed by atoms with van der Waals surface area (Å²) in [5.41, 5.74) is 2.46. The van der Waals surface area contributed by atoms with E-state index in [0.29, 0.717) is 47.5 Å². The van der Waals surface area contributed by atoms with Crippen molar-refractivity contribution >= 4 is 29.6 Å². The first-order chi connectivity index (χ1) is 21.0. The van der Waals surface area contributed by atoms with E-state index in [0.717, 1.165) is 16.0 Å². The lowest BCUT2D eigenvalue weighted by Gasteiger charge is -2.26. The summed E-state index contributed by atoms with van der Waals surface area (Å²) in [4.78, 5) is 39.6. The van der Waals surface area contributed by atoms with Crippen LogP contribution in [-0.2, 0) is 22.8 Å². The number of hydrogen-bond acceptors (Lipinski definition) is 7. The smallest absolute Gasteiger partial charge is 0.335 e. The number of barbiturate groups is 1. The molecule has 9 nitrogen and oxygen atoms in total. The Balaban J connectivity index is 1.32. The molecule has 0 aliphatic carbocycles. The van der Waals surface area contributed by atoms with Crippen molar-refractivity contribution in [3.05, 3.63) is 119 Å². The molecular formula is C34H30N2O7. The average molecular weight is 579 g/mol. The summed E-state index contributed by atoms with van der Waals surface area (Å²) in [5.74, 6) is 0.681. The maximum Gasteiger partial charge on any atom is 0.335 e. The number of nitrogens with one attached hydrogen (secondary N) is 1. The van der Waals surface area contributed by atoms with E-state index in [4.69, 9.17) is 18.9 Å². The molecule has 1 N–H and O–H groups in total. The van der Waals surface area contributed by atoms with Gasteiger partial charge in [-0.1, -0.05) is 54.6 Å². The summed E-state index contributed by atoms with van der Waals surface area (Å²) in [5, 5.41) is 2.25. The molecule has 0 spiro atoms. The number of para-hydroxylation sites is 1. The molecule has 1 saturated heterocycles. The Morgan fingerprint density at radius 2 is 1.42 bits per heavy atom. The van der Waals surface area contributed by atoms with Crippen molar-refractivity contribution in [1.82, 2.24) is 5.32 Å². The maximum atomic E-state index is 13.4. The van der Waals surface area contributed by atoms with Gasteiger partial charge in [-0.3, -0.25) is 14.9 Å². The molecule has 5 rings (SSSR count). The third-order valence-electron chi connectivity index (χ3n) is 6.59. The predicted molar refractivity (Wildman–Crippen MR) is 161 cm³/mol. The maximum absolute atomic E-state index is 13.4. The lowest BCUT2D eigenvalue weighted by atomic mass is 10.1. The Labute approximate surface area is 249 Å². The summed E-state index contributed by atoms with van der Waals surface area (Å²) in [6, 6.07) is 28.0. The van der Waals surface area contributed by atoms with Gasteiger partial charge in [0.2, 0.25) is 0 Å². The molecule has 43 heavy (non-hydrogen) atoms. The number of nitrogens with zero attached hydrogens (tertiary/aromatic N) is 1. The third-order valence-corrected chi connectivity index (χ3v) is 6.59. The fraction of sp³-hybridized carbons (Fsp3) is 0.147. The van der Waals surface area contributed by atoms with Gasteiger partial charge in [0.1, 0.15) is 30.3 Å². The molecule has 1 aliphatic heterocycles. The fourth-order valence-corrected chi connectivity index (χ4v) is 4.45. The molecule has 1 aliphatic rings. The second kappa shape index (κ2) is 13.4. The number of rotatable bonds is 11. The zero-order chi connectivity index (χ0) is 30.2. The Morgan fingerprint density at radius 3 is 2.16 bits per heavy atom. The topological polar surface area (TPSA) is 103 Å². The molecule has 0 atom stereocenters. The molecule has 0 unspecified atom stereocenters. The van der Waals surface area contributed by atoms with E-state index in [1.54, 1.807) is 55.6 Å². The van der Waals surface area contributed by atoms with Gasteiger partial charge in [-0.25, -0.2) is 9.69 Å². The molecule has 0 aromatic heterocycles. The highest BCUT2D eigenvalue weighted by Crippen LogP contribution is 2.31. The van der Waals surface area contributed by atoms with Crippen molar-refractivity contribution in [3.63, 3.8) is 0 Å². The third kappa shape index (κ3) is 6.84. The Morgan fingerprint density at radius 1 is 0.721 bits per heavy atom. The Bertz CT molecular complexity index is 1650. The van der Waals surface area contributed by atoms with Gasteiger partial charge < -0.3 is 18.9 Å². The largest absolute Gasteiger partial charge is 0.494 e. The highest BCUT2D eigenvalue weighted by molar-refractivity contribution is 6.39. The van der Waals surface area contributed by atoms with E-state index >= 15 is 0 Å². The van der Waals surface area contributed by atoms with Crippen LogP contribution in [0.15, 0.2) is 103 Å². The second-order valence-electron chi connectivity index (χ2n) is 9.47. The lowest BCUT2D eigenvalue weighted by molar-refractivity contribution is -0.122. The van der Waals surface area contributed by atoms with Gasteiger partial charge in [0.25, 0.3) is 11.8 Å². The quantitative estimate of drug-likeness (QED) is 0.174. The standard InChI is InChI=1S/C34H30N2O7/c1-3-41-27-16-14-26(15-17-27)36-33(38)28(32(37)35-34(36)39)20-25-11-7-8-12-29(25)42-22-24-13-18-30(31(19-24)40-2)43-21-23-9-5-4-6-10-23/h4-20H,3,21-22H2,1-2H3,(H,35,37,39)/b28-20+. The van der Waals surface area contributed by atoms with Gasteiger partial charge in [0.15, 0.2) is 11.5 Å². The monoisotopic (exact) mass is 578 g/mol. The minimum Gasteiger partial charge on any atom is -0.494 e. The van der Waals surface area contributed by atoms with Crippen molar-refractivity contribution in [2.24, 2.45) is 0 Å². The van der Waals surface area contributed by atoms with Crippen LogP contribution >= 0.6 is 0 Å². The van der Waals surface area contributed by atoms with Gasteiger partial charge in [-0.15, -0.1) is 0 Å². The first-order valence-electron chi connectivity index (χ1n) is 13.7. The number of urea groups is 1. The molecular weight excluding hydrogens is 548 g/mol. The number of amides is 4. The number of hydrogen-bond donors (Lipinski definition) is 1. The van der Waals surface area contributed by atoms with Crippen molar-refractivity contribution in [2.45, 2.75) is 20.1 Å². The van der Waals surface area contributed by atoms with E-state index in [-0.39, 0.29) is 12.2 Å². The SMILES string of the molecule is CCOc1ccc(N2C(=O)NC(=O)/C(=C\c3ccccc3OCc3ccc(OCc4ccccc4)c(OC)c3)C2=O)cc1. The molecule has 0 radical (unpaired) electrons. The van der Waals surface area contributed by atoms with E-state index in [9.17, 15) is 14.4 Å². The van der Waals surface area contributed by atoms with Crippen LogP contribution in [0.5, 0.6) is 23.0 Å². The summed E-state index contributed by atoms with van der Waals surface area (Å²) < 4.78 is 23.0. The van der Waals surface area contributed by atoms with Crippen LogP contribution in [0, 0.1) is 0 Å². The van der Waals surface area contributed by atoms with Crippen LogP contribution in [0.1, 0.15) is 23.6 Å². The van der Waals surface area contributed by atoms with Crippen molar-refractivity contribution < 1.29 is 33.3 Å². The summed E-state index contributed by atoms with van der Waals surface area (Å²) >= 11 is 0. The summed E-state index contributed by atoms with van der Waals surface area (Å²) in [6.07, 6.45) is 1.42. The first-order valence-corrected chi connectivity index (χ1v) is 13.7. The molecule has 4 aromatic rings. The molecule has 9 heteroatoms. The molecule has 4 amide bonds. The summed E-state index contributed by atoms with van der Waals surface area (Å²) in [7, 11) is 1.57. The van der Waals surface area contributed by atoms with Gasteiger partial charge in [0, 0.05) is 5.56 Å². The van der Waals surface area contributed by atoms with Crippen LogP contribution in [0.25, 0.3) is 6.08 Å². The van der Waals surface area contributed by atoms with Crippen LogP contribution in [0.4, 0.5) is 10.5 Å². The first kappa shape index (κ1) is 28.9. The molecule has 218 valence electrons. The highest BCUT2D eigenvalue weighted by Gasteiger charge is 2.37. The lowest BCUT2D eigenvalue weighted by Crippen LogP contribution is -2.54. The van der Waals surface area contributed by atoms with Crippen molar-refractivity contribution in [2.75, 3.05) is 18.6 Å². The molecule has 4 aromatic carbocycles. The van der Waals surface area contributed by atoms with Gasteiger partial charge in [-0.05, 0) is 66.6 Å². The van der Waals surface area contributed by atoms with Crippen LogP contribution in [-0.4, -0.2) is 31.6 Å². The van der Waals surface area contributed by atoms with Gasteiger partial charge in [-0.2, -0.15) is 0 Å². The number of benzene rings is 4. The minimum atomic E-state index is -0.828. The summed E-state index contributed by atoms with van der Waals surface area (Å²) in [6.45, 7) is 2.93. The second-order valence-corrected chi connectivity index (χ2v) is 9.47. The van der Waals surface area contributed by atoms with Crippen LogP contribution in [0.2, 0.25) is 0 Å². The number of carbonyl (C=O) groups is 3. The Hall–Kier alpha value is -5.57. The average Bonchev–Trinajstić information content (AvgIpc) is 3.03. The van der Waals surface area contributed by atoms with E-state index in [2.05, 4.69) is 5.32 Å². The van der Waals surface area contributed by atoms with Gasteiger partial charge in [0.05, 0.1) is 19.4 Å². The van der Waals surface area contributed by atoms with Crippen LogP contribution in [0.3, 0.4) is 0 Å². The Kier molecular flexibility index (Phi) is 9.02. The molecule has 1 fully saturated rings. The number of anilines is 1.